The highest BCUT2D eigenvalue weighted by atomic mass is 16.5. The molecule has 1 aromatic heterocycles. The summed E-state index contributed by atoms with van der Waals surface area (Å²) >= 11 is 0. The number of furan rings is 1. The van der Waals surface area contributed by atoms with Gasteiger partial charge in [0.05, 0.1) is 7.11 Å². The fourth-order valence-corrected chi connectivity index (χ4v) is 2.47. The highest BCUT2D eigenvalue weighted by Gasteiger charge is 2.18. The molecule has 102 valence electrons. The Balaban J connectivity index is 2.18. The van der Waals surface area contributed by atoms with Crippen molar-refractivity contribution in [3.8, 4) is 5.75 Å². The van der Waals surface area contributed by atoms with Gasteiger partial charge in [0.1, 0.15) is 17.3 Å². The van der Waals surface area contributed by atoms with Crippen LogP contribution in [-0.4, -0.2) is 7.11 Å². The fraction of sp³-hybridized carbons (Fsp3) is 0.375. The van der Waals surface area contributed by atoms with Crippen LogP contribution in [0.3, 0.4) is 0 Å². The number of benzene rings is 1. The molecule has 2 rings (SSSR count). The second-order valence-electron chi connectivity index (χ2n) is 4.91. The molecule has 3 nitrogen and oxygen atoms in total. The van der Waals surface area contributed by atoms with Crippen LogP contribution in [0.25, 0.3) is 0 Å². The van der Waals surface area contributed by atoms with E-state index < -0.39 is 0 Å². The molecule has 0 fully saturated rings. The summed E-state index contributed by atoms with van der Waals surface area (Å²) in [5, 5.41) is 0. The van der Waals surface area contributed by atoms with E-state index in [-0.39, 0.29) is 6.04 Å². The zero-order valence-electron chi connectivity index (χ0n) is 12.0. The van der Waals surface area contributed by atoms with Crippen molar-refractivity contribution < 1.29 is 9.15 Å². The molecule has 0 aliphatic carbocycles. The van der Waals surface area contributed by atoms with Gasteiger partial charge in [0, 0.05) is 11.6 Å². The van der Waals surface area contributed by atoms with E-state index in [2.05, 4.69) is 19.1 Å². The lowest BCUT2D eigenvalue weighted by atomic mass is 9.96. The quantitative estimate of drug-likeness (QED) is 0.914. The number of methoxy groups -OCH3 is 1. The number of hydrogen-bond donors (Lipinski definition) is 1. The van der Waals surface area contributed by atoms with Crippen LogP contribution >= 0.6 is 0 Å². The van der Waals surface area contributed by atoms with Crippen LogP contribution in [0.4, 0.5) is 0 Å². The number of hydrogen-bond acceptors (Lipinski definition) is 3. The summed E-state index contributed by atoms with van der Waals surface area (Å²) in [6, 6.07) is 7.99. The second-order valence-corrected chi connectivity index (χ2v) is 4.91. The molecule has 19 heavy (non-hydrogen) atoms. The normalized spacial score (nSPS) is 12.5. The summed E-state index contributed by atoms with van der Waals surface area (Å²) in [5.41, 5.74) is 9.82. The van der Waals surface area contributed by atoms with E-state index in [0.29, 0.717) is 0 Å². The third-order valence-corrected chi connectivity index (χ3v) is 3.60. The number of rotatable bonds is 4. The summed E-state index contributed by atoms with van der Waals surface area (Å²) in [7, 11) is 1.67. The maximum atomic E-state index is 6.32. The van der Waals surface area contributed by atoms with Crippen LogP contribution in [0.15, 0.2) is 28.7 Å². The Morgan fingerprint density at radius 2 is 1.74 bits per heavy atom. The van der Waals surface area contributed by atoms with Crippen LogP contribution in [0.2, 0.25) is 0 Å². The highest BCUT2D eigenvalue weighted by molar-refractivity contribution is 5.36. The average Bonchev–Trinajstić information content (AvgIpc) is 2.64. The standard InChI is InChI=1S/C16H21NO2/c1-10-11(2)19-12(3)16(10)15(17)9-13-5-7-14(18-4)8-6-13/h5-8,15H,9,17H2,1-4H3. The van der Waals surface area contributed by atoms with Crippen molar-refractivity contribution in [1.82, 2.24) is 0 Å². The Kier molecular flexibility index (Phi) is 3.96. The van der Waals surface area contributed by atoms with Gasteiger partial charge in [-0.1, -0.05) is 12.1 Å². The van der Waals surface area contributed by atoms with Crippen LogP contribution in [0, 0.1) is 20.8 Å². The highest BCUT2D eigenvalue weighted by Crippen LogP contribution is 2.28. The van der Waals surface area contributed by atoms with Gasteiger partial charge in [-0.05, 0) is 50.5 Å². The van der Waals surface area contributed by atoms with Crippen molar-refractivity contribution in [3.05, 3.63) is 52.5 Å². The molecule has 0 aliphatic heterocycles. The Hall–Kier alpha value is -1.74. The van der Waals surface area contributed by atoms with E-state index in [1.165, 1.54) is 11.1 Å². The van der Waals surface area contributed by atoms with Crippen LogP contribution < -0.4 is 10.5 Å². The zero-order valence-corrected chi connectivity index (χ0v) is 12.0. The molecule has 1 unspecified atom stereocenters. The predicted molar refractivity (Wildman–Crippen MR) is 76.5 cm³/mol. The maximum Gasteiger partial charge on any atom is 0.118 e. The summed E-state index contributed by atoms with van der Waals surface area (Å²) in [6.45, 7) is 6.02. The SMILES string of the molecule is COc1ccc(CC(N)c2c(C)oc(C)c2C)cc1. The van der Waals surface area contributed by atoms with Gasteiger partial charge in [-0.15, -0.1) is 0 Å². The van der Waals surface area contributed by atoms with Gasteiger partial charge in [-0.2, -0.15) is 0 Å². The molecule has 3 heteroatoms. The van der Waals surface area contributed by atoms with Crippen molar-refractivity contribution >= 4 is 0 Å². The van der Waals surface area contributed by atoms with Crippen molar-refractivity contribution in [2.75, 3.05) is 7.11 Å². The number of ether oxygens (including phenoxy) is 1. The minimum Gasteiger partial charge on any atom is -0.497 e. The fourth-order valence-electron chi connectivity index (χ4n) is 2.47. The van der Waals surface area contributed by atoms with Gasteiger partial charge in [0.2, 0.25) is 0 Å². The molecule has 2 aromatic rings. The minimum atomic E-state index is -0.0363. The van der Waals surface area contributed by atoms with E-state index in [9.17, 15) is 0 Å². The summed E-state index contributed by atoms with van der Waals surface area (Å²) in [6.07, 6.45) is 0.796. The third kappa shape index (κ3) is 2.82. The first-order chi connectivity index (χ1) is 9.02. The predicted octanol–water partition coefficient (Wildman–Crippen LogP) is 3.46. The molecular formula is C16H21NO2. The zero-order chi connectivity index (χ0) is 14.0. The molecular weight excluding hydrogens is 238 g/mol. The van der Waals surface area contributed by atoms with Gasteiger partial charge in [0.15, 0.2) is 0 Å². The first-order valence-corrected chi connectivity index (χ1v) is 6.48. The van der Waals surface area contributed by atoms with E-state index in [0.717, 1.165) is 29.3 Å². The summed E-state index contributed by atoms with van der Waals surface area (Å²) < 4.78 is 10.8. The Bertz CT molecular complexity index is 555. The molecule has 1 atom stereocenters. The lowest BCUT2D eigenvalue weighted by Gasteiger charge is -2.13. The van der Waals surface area contributed by atoms with E-state index >= 15 is 0 Å². The Morgan fingerprint density at radius 3 is 2.21 bits per heavy atom. The van der Waals surface area contributed by atoms with E-state index in [1.54, 1.807) is 7.11 Å². The van der Waals surface area contributed by atoms with Crippen molar-refractivity contribution in [2.24, 2.45) is 5.73 Å². The summed E-state index contributed by atoms with van der Waals surface area (Å²) in [5.74, 6) is 2.75. The number of nitrogens with two attached hydrogens (primary N) is 1. The largest absolute Gasteiger partial charge is 0.497 e. The van der Waals surface area contributed by atoms with Gasteiger partial charge in [-0.3, -0.25) is 0 Å². The van der Waals surface area contributed by atoms with Crippen molar-refractivity contribution in [1.29, 1.82) is 0 Å². The minimum absolute atomic E-state index is 0.0363. The van der Waals surface area contributed by atoms with Gasteiger partial charge >= 0.3 is 0 Å². The van der Waals surface area contributed by atoms with Gasteiger partial charge in [0.25, 0.3) is 0 Å². The topological polar surface area (TPSA) is 48.4 Å². The molecule has 0 amide bonds. The Morgan fingerprint density at radius 1 is 1.11 bits per heavy atom. The lowest BCUT2D eigenvalue weighted by Crippen LogP contribution is -2.14. The Labute approximate surface area is 114 Å². The first-order valence-electron chi connectivity index (χ1n) is 6.48. The van der Waals surface area contributed by atoms with E-state index in [1.807, 2.05) is 26.0 Å². The molecule has 0 saturated carbocycles. The smallest absolute Gasteiger partial charge is 0.118 e. The molecule has 0 spiro atoms. The van der Waals surface area contributed by atoms with Crippen LogP contribution in [0.1, 0.15) is 34.3 Å². The van der Waals surface area contributed by atoms with Crippen molar-refractivity contribution in [3.63, 3.8) is 0 Å². The molecule has 0 bridgehead atoms. The molecule has 0 saturated heterocycles. The lowest BCUT2D eigenvalue weighted by molar-refractivity contribution is 0.414. The van der Waals surface area contributed by atoms with E-state index in [4.69, 9.17) is 14.9 Å². The molecule has 1 aromatic carbocycles. The molecule has 1 heterocycles. The molecule has 2 N–H and O–H groups in total. The summed E-state index contributed by atoms with van der Waals surface area (Å²) in [4.78, 5) is 0. The van der Waals surface area contributed by atoms with Gasteiger partial charge < -0.3 is 14.9 Å². The monoisotopic (exact) mass is 259 g/mol. The number of aryl methyl sites for hydroxylation is 2. The average molecular weight is 259 g/mol. The van der Waals surface area contributed by atoms with Crippen LogP contribution in [0.5, 0.6) is 5.75 Å². The van der Waals surface area contributed by atoms with Gasteiger partial charge in [-0.25, -0.2) is 0 Å². The third-order valence-electron chi connectivity index (χ3n) is 3.60. The molecule has 0 aliphatic rings. The maximum absolute atomic E-state index is 6.32. The first kappa shape index (κ1) is 13.7. The van der Waals surface area contributed by atoms with Crippen molar-refractivity contribution in [2.45, 2.75) is 33.2 Å². The van der Waals surface area contributed by atoms with Crippen LogP contribution in [-0.2, 0) is 6.42 Å². The second kappa shape index (κ2) is 5.49. The molecule has 0 radical (unpaired) electrons.